The third kappa shape index (κ3) is 5.53. The van der Waals surface area contributed by atoms with E-state index in [1.54, 1.807) is 21.3 Å². The molecule has 0 radical (unpaired) electrons. The number of methoxy groups -OCH3 is 3. The summed E-state index contributed by atoms with van der Waals surface area (Å²) in [5.74, 6) is 2.72. The number of hydrogen-bond acceptors (Lipinski definition) is 3. The van der Waals surface area contributed by atoms with Crippen LogP contribution in [-0.2, 0) is 25.7 Å². The molecule has 0 aliphatic rings. The van der Waals surface area contributed by atoms with Crippen LogP contribution in [0.5, 0.6) is 17.2 Å². The fraction of sp³-hybridized carbons (Fsp3) is 0.280. The third-order valence-corrected chi connectivity index (χ3v) is 4.98. The second-order valence-corrected chi connectivity index (χ2v) is 6.89. The summed E-state index contributed by atoms with van der Waals surface area (Å²) in [5.41, 5.74) is 5.23. The topological polar surface area (TPSA) is 27.7 Å². The van der Waals surface area contributed by atoms with Crippen molar-refractivity contribution in [3.63, 3.8) is 0 Å². The molecule has 0 bridgehead atoms. The van der Waals surface area contributed by atoms with Crippen molar-refractivity contribution in [3.05, 3.63) is 89.0 Å². The van der Waals surface area contributed by atoms with Crippen LogP contribution < -0.4 is 14.2 Å². The predicted molar refractivity (Wildman–Crippen MR) is 114 cm³/mol. The highest BCUT2D eigenvalue weighted by molar-refractivity contribution is 5.36. The first-order valence-electron chi connectivity index (χ1n) is 9.63. The van der Waals surface area contributed by atoms with E-state index in [0.717, 1.165) is 42.9 Å². The van der Waals surface area contributed by atoms with Crippen molar-refractivity contribution >= 4 is 0 Å². The lowest BCUT2D eigenvalue weighted by Gasteiger charge is -2.10. The molecule has 28 heavy (non-hydrogen) atoms. The molecule has 0 aromatic heterocycles. The molecule has 146 valence electrons. The van der Waals surface area contributed by atoms with Gasteiger partial charge in [0, 0.05) is 0 Å². The van der Waals surface area contributed by atoms with E-state index in [4.69, 9.17) is 14.2 Å². The predicted octanol–water partition coefficient (Wildman–Crippen LogP) is 5.28. The molecule has 0 spiro atoms. The average Bonchev–Trinajstić information content (AvgIpc) is 2.76. The molecule has 0 aliphatic carbocycles. The fourth-order valence-corrected chi connectivity index (χ4v) is 3.30. The SMILES string of the molecule is COc1ccc(CCc2cc(CCc3ccc(OC)cc3)cc(OC)c2)cc1. The van der Waals surface area contributed by atoms with E-state index in [0.29, 0.717) is 0 Å². The van der Waals surface area contributed by atoms with Gasteiger partial charge in [-0.15, -0.1) is 0 Å². The highest BCUT2D eigenvalue weighted by Crippen LogP contribution is 2.21. The second-order valence-electron chi connectivity index (χ2n) is 6.89. The van der Waals surface area contributed by atoms with Gasteiger partial charge >= 0.3 is 0 Å². The van der Waals surface area contributed by atoms with Crippen LogP contribution in [0.2, 0.25) is 0 Å². The zero-order chi connectivity index (χ0) is 19.8. The summed E-state index contributed by atoms with van der Waals surface area (Å²) in [7, 11) is 5.12. The van der Waals surface area contributed by atoms with Crippen LogP contribution in [0.4, 0.5) is 0 Å². The average molecular weight is 376 g/mol. The summed E-state index contributed by atoms with van der Waals surface area (Å²) in [6.07, 6.45) is 3.96. The molecular formula is C25H28O3. The lowest BCUT2D eigenvalue weighted by molar-refractivity contribution is 0.413. The molecule has 3 aromatic rings. The molecule has 0 amide bonds. The van der Waals surface area contributed by atoms with Crippen LogP contribution in [0.25, 0.3) is 0 Å². The van der Waals surface area contributed by atoms with Crippen molar-refractivity contribution in [1.82, 2.24) is 0 Å². The van der Waals surface area contributed by atoms with Crippen LogP contribution >= 0.6 is 0 Å². The fourth-order valence-electron chi connectivity index (χ4n) is 3.30. The highest BCUT2D eigenvalue weighted by atomic mass is 16.5. The van der Waals surface area contributed by atoms with Gasteiger partial charge < -0.3 is 14.2 Å². The van der Waals surface area contributed by atoms with Gasteiger partial charge in [-0.2, -0.15) is 0 Å². The molecule has 0 unspecified atom stereocenters. The minimum atomic E-state index is 0.894. The van der Waals surface area contributed by atoms with E-state index in [1.807, 2.05) is 24.3 Å². The number of ether oxygens (including phenoxy) is 3. The lowest BCUT2D eigenvalue weighted by atomic mass is 9.98. The van der Waals surface area contributed by atoms with Crippen LogP contribution in [0.15, 0.2) is 66.7 Å². The second kappa shape index (κ2) is 9.84. The van der Waals surface area contributed by atoms with Gasteiger partial charge in [-0.25, -0.2) is 0 Å². The van der Waals surface area contributed by atoms with Crippen molar-refractivity contribution in [1.29, 1.82) is 0 Å². The zero-order valence-corrected chi connectivity index (χ0v) is 16.9. The molecular weight excluding hydrogens is 348 g/mol. The van der Waals surface area contributed by atoms with Gasteiger partial charge in [0.15, 0.2) is 0 Å². The summed E-state index contributed by atoms with van der Waals surface area (Å²) < 4.78 is 16.0. The van der Waals surface area contributed by atoms with E-state index in [-0.39, 0.29) is 0 Å². The molecule has 3 heteroatoms. The van der Waals surface area contributed by atoms with E-state index in [1.165, 1.54) is 22.3 Å². The molecule has 3 aromatic carbocycles. The van der Waals surface area contributed by atoms with Gasteiger partial charge in [0.1, 0.15) is 17.2 Å². The number of aryl methyl sites for hydroxylation is 4. The Labute approximate surface area is 167 Å². The minimum absolute atomic E-state index is 0.894. The van der Waals surface area contributed by atoms with E-state index in [2.05, 4.69) is 42.5 Å². The summed E-state index contributed by atoms with van der Waals surface area (Å²) in [4.78, 5) is 0. The first-order valence-corrected chi connectivity index (χ1v) is 9.63. The number of hydrogen-bond donors (Lipinski definition) is 0. The van der Waals surface area contributed by atoms with Crippen molar-refractivity contribution in [2.45, 2.75) is 25.7 Å². The Morgan fingerprint density at radius 1 is 0.429 bits per heavy atom. The monoisotopic (exact) mass is 376 g/mol. The summed E-state index contributed by atoms with van der Waals surface area (Å²) in [6.45, 7) is 0. The van der Waals surface area contributed by atoms with Crippen LogP contribution in [-0.4, -0.2) is 21.3 Å². The first kappa shape index (κ1) is 19.8. The Bertz CT molecular complexity index is 798. The molecule has 0 N–H and O–H groups in total. The maximum atomic E-state index is 5.53. The molecule has 3 rings (SSSR count). The lowest BCUT2D eigenvalue weighted by Crippen LogP contribution is -1.97. The number of benzene rings is 3. The Hall–Kier alpha value is -2.94. The molecule has 0 saturated heterocycles. The smallest absolute Gasteiger partial charge is 0.119 e. The number of rotatable bonds is 9. The Kier molecular flexibility index (Phi) is 6.96. The van der Waals surface area contributed by atoms with E-state index in [9.17, 15) is 0 Å². The van der Waals surface area contributed by atoms with E-state index < -0.39 is 0 Å². The van der Waals surface area contributed by atoms with Crippen LogP contribution in [0.1, 0.15) is 22.3 Å². The summed E-state index contributed by atoms with van der Waals surface area (Å²) in [5, 5.41) is 0. The van der Waals surface area contributed by atoms with Gasteiger partial charge in [0.2, 0.25) is 0 Å². The van der Waals surface area contributed by atoms with Crippen molar-refractivity contribution in [2.24, 2.45) is 0 Å². The maximum absolute atomic E-state index is 5.53. The zero-order valence-electron chi connectivity index (χ0n) is 16.9. The summed E-state index contributed by atoms with van der Waals surface area (Å²) >= 11 is 0. The van der Waals surface area contributed by atoms with E-state index >= 15 is 0 Å². The molecule has 0 aliphatic heterocycles. The van der Waals surface area contributed by atoms with Gasteiger partial charge in [0.05, 0.1) is 21.3 Å². The Morgan fingerprint density at radius 2 is 0.786 bits per heavy atom. The van der Waals surface area contributed by atoms with Crippen LogP contribution in [0.3, 0.4) is 0 Å². The molecule has 0 heterocycles. The van der Waals surface area contributed by atoms with Crippen molar-refractivity contribution in [3.8, 4) is 17.2 Å². The quantitative estimate of drug-likeness (QED) is 0.508. The first-order chi connectivity index (χ1) is 13.7. The van der Waals surface area contributed by atoms with Crippen LogP contribution in [0, 0.1) is 0 Å². The Balaban J connectivity index is 1.64. The highest BCUT2D eigenvalue weighted by Gasteiger charge is 2.04. The third-order valence-electron chi connectivity index (χ3n) is 4.98. The normalized spacial score (nSPS) is 10.5. The standard InChI is InChI=1S/C25H28O3/c1-26-23-12-8-19(9-13-23)4-6-21-16-22(18-25(17-21)28-3)7-5-20-10-14-24(27-2)15-11-20/h8-18H,4-7H2,1-3H3. The minimum Gasteiger partial charge on any atom is -0.497 e. The molecule has 0 atom stereocenters. The van der Waals surface area contributed by atoms with Gasteiger partial charge in [0.25, 0.3) is 0 Å². The molecule has 3 nitrogen and oxygen atoms in total. The van der Waals surface area contributed by atoms with Gasteiger partial charge in [-0.05, 0) is 84.3 Å². The summed E-state index contributed by atoms with van der Waals surface area (Å²) in [6, 6.07) is 23.2. The van der Waals surface area contributed by atoms with Gasteiger partial charge in [-0.3, -0.25) is 0 Å². The van der Waals surface area contributed by atoms with Gasteiger partial charge in [-0.1, -0.05) is 30.3 Å². The molecule has 0 saturated carbocycles. The largest absolute Gasteiger partial charge is 0.497 e. The van der Waals surface area contributed by atoms with Crippen molar-refractivity contribution in [2.75, 3.05) is 21.3 Å². The molecule has 0 fully saturated rings. The van der Waals surface area contributed by atoms with Crippen molar-refractivity contribution < 1.29 is 14.2 Å². The Morgan fingerprint density at radius 3 is 1.14 bits per heavy atom. The maximum Gasteiger partial charge on any atom is 0.119 e.